The van der Waals surface area contributed by atoms with Crippen LogP contribution in [0.3, 0.4) is 0 Å². The molecule has 4 rings (SSSR count). The molecule has 1 N–H and O–H groups in total. The molecule has 0 saturated carbocycles. The molecule has 0 bridgehead atoms. The van der Waals surface area contributed by atoms with Gasteiger partial charge in [-0.25, -0.2) is 4.39 Å². The van der Waals surface area contributed by atoms with Gasteiger partial charge in [-0.2, -0.15) is 0 Å². The highest BCUT2D eigenvalue weighted by atomic mass is 19.1. The number of carbonyl (C=O) groups is 1. The molecule has 0 spiro atoms. The molecule has 0 radical (unpaired) electrons. The molecule has 0 aliphatic carbocycles. The summed E-state index contributed by atoms with van der Waals surface area (Å²) in [7, 11) is 0. The SMILES string of the molecule is Cc1ccc(C23CCC(=O)N2c2ccc(F)cc2N3)cc1. The van der Waals surface area contributed by atoms with E-state index in [1.807, 2.05) is 31.2 Å². The van der Waals surface area contributed by atoms with Crippen LogP contribution >= 0.6 is 0 Å². The Morgan fingerprint density at radius 1 is 1.19 bits per heavy atom. The summed E-state index contributed by atoms with van der Waals surface area (Å²) in [5, 5.41) is 3.38. The number of hydrogen-bond acceptors (Lipinski definition) is 2. The Kier molecular flexibility index (Phi) is 2.40. The van der Waals surface area contributed by atoms with E-state index in [9.17, 15) is 9.18 Å². The summed E-state index contributed by atoms with van der Waals surface area (Å²) in [6, 6.07) is 12.7. The van der Waals surface area contributed by atoms with Crippen molar-refractivity contribution in [3.8, 4) is 0 Å². The van der Waals surface area contributed by atoms with Gasteiger partial charge in [-0.05, 0) is 30.7 Å². The Bertz CT molecular complexity index is 741. The van der Waals surface area contributed by atoms with Crippen molar-refractivity contribution in [1.29, 1.82) is 0 Å². The van der Waals surface area contributed by atoms with Crippen molar-refractivity contribution in [1.82, 2.24) is 0 Å². The fourth-order valence-corrected chi connectivity index (χ4v) is 3.38. The van der Waals surface area contributed by atoms with Crippen molar-refractivity contribution in [2.24, 2.45) is 0 Å². The van der Waals surface area contributed by atoms with Crippen molar-refractivity contribution < 1.29 is 9.18 Å². The van der Waals surface area contributed by atoms with Gasteiger partial charge in [0.2, 0.25) is 5.91 Å². The lowest BCUT2D eigenvalue weighted by Crippen LogP contribution is -2.44. The van der Waals surface area contributed by atoms with Crippen molar-refractivity contribution in [2.45, 2.75) is 25.4 Å². The monoisotopic (exact) mass is 282 g/mol. The van der Waals surface area contributed by atoms with E-state index < -0.39 is 5.66 Å². The van der Waals surface area contributed by atoms with Gasteiger partial charge in [0.05, 0.1) is 11.4 Å². The van der Waals surface area contributed by atoms with Crippen LogP contribution in [0.2, 0.25) is 0 Å². The molecule has 2 heterocycles. The second-order valence-corrected chi connectivity index (χ2v) is 5.74. The summed E-state index contributed by atoms with van der Waals surface area (Å²) in [4.78, 5) is 14.1. The molecule has 1 amide bonds. The summed E-state index contributed by atoms with van der Waals surface area (Å²) in [5.41, 5.74) is 3.09. The van der Waals surface area contributed by atoms with Crippen LogP contribution in [0.25, 0.3) is 0 Å². The van der Waals surface area contributed by atoms with Crippen LogP contribution in [0.4, 0.5) is 15.8 Å². The molecular weight excluding hydrogens is 267 g/mol. The van der Waals surface area contributed by atoms with Gasteiger partial charge in [-0.15, -0.1) is 0 Å². The minimum atomic E-state index is -0.569. The quantitative estimate of drug-likeness (QED) is 0.867. The number of nitrogens with zero attached hydrogens (tertiary/aromatic N) is 1. The molecule has 1 unspecified atom stereocenters. The largest absolute Gasteiger partial charge is 0.357 e. The van der Waals surface area contributed by atoms with Gasteiger partial charge in [0, 0.05) is 12.8 Å². The van der Waals surface area contributed by atoms with Gasteiger partial charge >= 0.3 is 0 Å². The van der Waals surface area contributed by atoms with Crippen molar-refractivity contribution in [3.63, 3.8) is 0 Å². The van der Waals surface area contributed by atoms with Crippen LogP contribution in [0, 0.1) is 12.7 Å². The molecule has 2 aromatic rings. The van der Waals surface area contributed by atoms with E-state index in [0.717, 1.165) is 11.3 Å². The number of rotatable bonds is 1. The molecule has 3 nitrogen and oxygen atoms in total. The summed E-state index contributed by atoms with van der Waals surface area (Å²) >= 11 is 0. The number of carbonyl (C=O) groups excluding carboxylic acids is 1. The first kappa shape index (κ1) is 12.4. The molecule has 106 valence electrons. The van der Waals surface area contributed by atoms with Crippen LogP contribution in [-0.4, -0.2) is 5.91 Å². The van der Waals surface area contributed by atoms with Gasteiger partial charge in [0.25, 0.3) is 0 Å². The summed E-state index contributed by atoms with van der Waals surface area (Å²) < 4.78 is 13.5. The average Bonchev–Trinajstić information content (AvgIpc) is 2.95. The van der Waals surface area contributed by atoms with E-state index in [2.05, 4.69) is 5.32 Å². The van der Waals surface area contributed by atoms with Crippen LogP contribution in [0.1, 0.15) is 24.0 Å². The molecule has 21 heavy (non-hydrogen) atoms. The normalized spacial score (nSPS) is 23.0. The molecule has 0 aromatic heterocycles. The number of fused-ring (bicyclic) bond motifs is 3. The third-order valence-electron chi connectivity index (χ3n) is 4.40. The standard InChI is InChI=1S/C17H15FN2O/c1-11-2-4-12(5-3-11)17-9-8-16(21)20(17)15-7-6-13(18)10-14(15)19-17/h2-7,10,19H,8-9H2,1H3. The second kappa shape index (κ2) is 4.07. The summed E-state index contributed by atoms with van der Waals surface area (Å²) in [6.45, 7) is 2.03. The topological polar surface area (TPSA) is 32.3 Å². The van der Waals surface area contributed by atoms with E-state index in [1.165, 1.54) is 17.7 Å². The molecule has 2 aromatic carbocycles. The maximum absolute atomic E-state index is 13.5. The van der Waals surface area contributed by atoms with Crippen molar-refractivity contribution in [2.75, 3.05) is 10.2 Å². The summed E-state index contributed by atoms with van der Waals surface area (Å²) in [5.74, 6) is -0.220. The lowest BCUT2D eigenvalue weighted by molar-refractivity contribution is -0.117. The van der Waals surface area contributed by atoms with Crippen LogP contribution < -0.4 is 10.2 Å². The van der Waals surface area contributed by atoms with E-state index in [0.29, 0.717) is 18.5 Å². The zero-order valence-corrected chi connectivity index (χ0v) is 11.7. The first-order valence-corrected chi connectivity index (χ1v) is 7.08. The number of nitrogens with one attached hydrogen (secondary N) is 1. The lowest BCUT2D eigenvalue weighted by atomic mass is 9.96. The predicted octanol–water partition coefficient (Wildman–Crippen LogP) is 3.54. The van der Waals surface area contributed by atoms with E-state index in [4.69, 9.17) is 0 Å². The van der Waals surface area contributed by atoms with Gasteiger partial charge in [-0.1, -0.05) is 29.8 Å². The predicted molar refractivity (Wildman–Crippen MR) is 79.6 cm³/mol. The third-order valence-corrected chi connectivity index (χ3v) is 4.40. The Balaban J connectivity index is 1.89. The minimum absolute atomic E-state index is 0.0773. The Hall–Kier alpha value is -2.36. The first-order valence-electron chi connectivity index (χ1n) is 7.08. The molecule has 2 aliphatic heterocycles. The second-order valence-electron chi connectivity index (χ2n) is 5.74. The van der Waals surface area contributed by atoms with Crippen LogP contribution in [0.15, 0.2) is 42.5 Å². The number of benzene rings is 2. The smallest absolute Gasteiger partial charge is 0.229 e. The Morgan fingerprint density at radius 3 is 2.71 bits per heavy atom. The van der Waals surface area contributed by atoms with Crippen LogP contribution in [0.5, 0.6) is 0 Å². The first-order chi connectivity index (χ1) is 10.1. The maximum atomic E-state index is 13.5. The molecular formula is C17H15FN2O. The Labute approximate surface area is 122 Å². The average molecular weight is 282 g/mol. The fraction of sp³-hybridized carbons (Fsp3) is 0.235. The van der Waals surface area contributed by atoms with Crippen molar-refractivity contribution in [3.05, 3.63) is 59.4 Å². The van der Waals surface area contributed by atoms with Crippen molar-refractivity contribution >= 4 is 17.3 Å². The third kappa shape index (κ3) is 1.62. The Morgan fingerprint density at radius 2 is 1.95 bits per heavy atom. The zero-order chi connectivity index (χ0) is 14.6. The summed E-state index contributed by atoms with van der Waals surface area (Å²) in [6.07, 6.45) is 1.18. The number of anilines is 2. The lowest BCUT2D eigenvalue weighted by Gasteiger charge is -2.33. The van der Waals surface area contributed by atoms with Crippen LogP contribution in [-0.2, 0) is 10.5 Å². The molecule has 1 saturated heterocycles. The van der Waals surface area contributed by atoms with E-state index in [-0.39, 0.29) is 11.7 Å². The van der Waals surface area contributed by atoms with E-state index >= 15 is 0 Å². The highest BCUT2D eigenvalue weighted by molar-refractivity contribution is 6.04. The molecule has 2 aliphatic rings. The number of hydrogen-bond donors (Lipinski definition) is 1. The minimum Gasteiger partial charge on any atom is -0.357 e. The van der Waals surface area contributed by atoms with Gasteiger partial charge < -0.3 is 5.32 Å². The van der Waals surface area contributed by atoms with Gasteiger partial charge in [0.1, 0.15) is 11.5 Å². The fourth-order valence-electron chi connectivity index (χ4n) is 3.38. The molecule has 1 fully saturated rings. The highest BCUT2D eigenvalue weighted by Gasteiger charge is 2.52. The maximum Gasteiger partial charge on any atom is 0.229 e. The van der Waals surface area contributed by atoms with Gasteiger partial charge in [0.15, 0.2) is 0 Å². The van der Waals surface area contributed by atoms with Gasteiger partial charge in [-0.3, -0.25) is 9.69 Å². The number of halogens is 1. The molecule has 4 heteroatoms. The molecule has 1 atom stereocenters. The number of amides is 1. The number of aryl methyl sites for hydroxylation is 1. The highest BCUT2D eigenvalue weighted by Crippen LogP contribution is 2.51. The van der Waals surface area contributed by atoms with E-state index in [1.54, 1.807) is 11.0 Å². The zero-order valence-electron chi connectivity index (χ0n) is 11.7.